The lowest BCUT2D eigenvalue weighted by atomic mass is 10.3. The summed E-state index contributed by atoms with van der Waals surface area (Å²) in [4.78, 5) is 12.2. The van der Waals surface area contributed by atoms with Crippen LogP contribution >= 0.6 is 22.9 Å². The molecular weight excluding hydrogens is 274 g/mol. The SMILES string of the molecule is CCOC(=O)COCCNCCc1ccc(Cl)s1. The monoisotopic (exact) mass is 291 g/mol. The van der Waals surface area contributed by atoms with Crippen LogP contribution in [-0.2, 0) is 20.7 Å². The molecule has 0 fully saturated rings. The van der Waals surface area contributed by atoms with Crippen LogP contribution < -0.4 is 5.32 Å². The molecule has 0 saturated heterocycles. The third kappa shape index (κ3) is 6.96. The summed E-state index contributed by atoms with van der Waals surface area (Å²) in [6.07, 6.45) is 0.954. The zero-order valence-electron chi connectivity index (χ0n) is 10.4. The van der Waals surface area contributed by atoms with Crippen LogP contribution in [0.25, 0.3) is 0 Å². The Morgan fingerprint density at radius 1 is 1.44 bits per heavy atom. The van der Waals surface area contributed by atoms with E-state index in [9.17, 15) is 4.79 Å². The highest BCUT2D eigenvalue weighted by Gasteiger charge is 2.00. The maximum absolute atomic E-state index is 10.9. The molecule has 1 rings (SSSR count). The van der Waals surface area contributed by atoms with Gasteiger partial charge in [-0.15, -0.1) is 11.3 Å². The predicted octanol–water partition coefficient (Wildman–Crippen LogP) is 2.11. The molecule has 0 aromatic carbocycles. The van der Waals surface area contributed by atoms with E-state index in [4.69, 9.17) is 21.1 Å². The number of ether oxygens (including phenoxy) is 2. The van der Waals surface area contributed by atoms with E-state index in [1.54, 1.807) is 18.3 Å². The smallest absolute Gasteiger partial charge is 0.332 e. The molecule has 1 N–H and O–H groups in total. The van der Waals surface area contributed by atoms with E-state index >= 15 is 0 Å². The highest BCUT2D eigenvalue weighted by atomic mass is 35.5. The Hall–Kier alpha value is -0.620. The number of thiophene rings is 1. The molecule has 0 atom stereocenters. The van der Waals surface area contributed by atoms with Gasteiger partial charge in [-0.3, -0.25) is 0 Å². The van der Waals surface area contributed by atoms with Crippen LogP contribution in [0.3, 0.4) is 0 Å². The number of rotatable bonds is 9. The normalized spacial score (nSPS) is 10.6. The van der Waals surface area contributed by atoms with Gasteiger partial charge in [-0.2, -0.15) is 0 Å². The first-order chi connectivity index (χ1) is 8.72. The minimum absolute atomic E-state index is 0.0239. The number of hydrogen-bond acceptors (Lipinski definition) is 5. The molecule has 0 bridgehead atoms. The van der Waals surface area contributed by atoms with Gasteiger partial charge in [0.25, 0.3) is 0 Å². The fourth-order valence-corrected chi connectivity index (χ4v) is 2.41. The third-order valence-corrected chi connectivity index (χ3v) is 3.42. The molecule has 102 valence electrons. The predicted molar refractivity (Wildman–Crippen MR) is 73.4 cm³/mol. The first-order valence-electron chi connectivity index (χ1n) is 5.90. The van der Waals surface area contributed by atoms with Crippen LogP contribution in [0.5, 0.6) is 0 Å². The van der Waals surface area contributed by atoms with Crippen LogP contribution in [0, 0.1) is 0 Å². The van der Waals surface area contributed by atoms with Gasteiger partial charge in [0.2, 0.25) is 0 Å². The van der Waals surface area contributed by atoms with Crippen molar-refractivity contribution in [2.45, 2.75) is 13.3 Å². The molecule has 4 nitrogen and oxygen atoms in total. The zero-order valence-corrected chi connectivity index (χ0v) is 12.0. The second kappa shape index (κ2) is 9.33. The Morgan fingerprint density at radius 2 is 2.28 bits per heavy atom. The van der Waals surface area contributed by atoms with Crippen molar-refractivity contribution in [2.75, 3.05) is 32.9 Å². The van der Waals surface area contributed by atoms with E-state index in [0.717, 1.165) is 23.8 Å². The van der Waals surface area contributed by atoms with E-state index in [2.05, 4.69) is 5.32 Å². The quantitative estimate of drug-likeness (QED) is 0.559. The van der Waals surface area contributed by atoms with Crippen LogP contribution in [0.2, 0.25) is 4.34 Å². The largest absolute Gasteiger partial charge is 0.464 e. The molecule has 0 aliphatic heterocycles. The molecule has 0 amide bonds. The fourth-order valence-electron chi connectivity index (χ4n) is 1.33. The first-order valence-corrected chi connectivity index (χ1v) is 7.10. The van der Waals surface area contributed by atoms with Gasteiger partial charge in [-0.05, 0) is 25.5 Å². The Labute approximate surface area is 116 Å². The van der Waals surface area contributed by atoms with E-state index in [0.29, 0.717) is 13.2 Å². The summed E-state index contributed by atoms with van der Waals surface area (Å²) in [6.45, 7) is 4.29. The van der Waals surface area contributed by atoms with Crippen molar-refractivity contribution in [2.24, 2.45) is 0 Å². The molecule has 0 aliphatic rings. The number of carbonyl (C=O) groups excluding carboxylic acids is 1. The van der Waals surface area contributed by atoms with E-state index in [1.807, 2.05) is 12.1 Å². The van der Waals surface area contributed by atoms with Gasteiger partial charge in [-0.25, -0.2) is 4.79 Å². The van der Waals surface area contributed by atoms with Gasteiger partial charge in [0.05, 0.1) is 17.6 Å². The average Bonchev–Trinajstić information content (AvgIpc) is 2.74. The summed E-state index contributed by atoms with van der Waals surface area (Å²) < 4.78 is 10.7. The number of nitrogens with one attached hydrogen (secondary N) is 1. The number of halogens is 1. The molecule has 0 saturated carbocycles. The lowest BCUT2D eigenvalue weighted by Gasteiger charge is -2.05. The molecule has 1 aromatic heterocycles. The van der Waals surface area contributed by atoms with Gasteiger partial charge < -0.3 is 14.8 Å². The number of hydrogen-bond donors (Lipinski definition) is 1. The van der Waals surface area contributed by atoms with Crippen molar-refractivity contribution in [3.05, 3.63) is 21.3 Å². The van der Waals surface area contributed by atoms with Crippen molar-refractivity contribution in [1.82, 2.24) is 5.32 Å². The summed E-state index contributed by atoms with van der Waals surface area (Å²) in [6, 6.07) is 3.94. The van der Waals surface area contributed by atoms with Gasteiger partial charge in [-0.1, -0.05) is 11.6 Å². The summed E-state index contributed by atoms with van der Waals surface area (Å²) in [5, 5.41) is 3.24. The second-order valence-electron chi connectivity index (χ2n) is 3.56. The fraction of sp³-hybridized carbons (Fsp3) is 0.583. The lowest BCUT2D eigenvalue weighted by Crippen LogP contribution is -2.23. The van der Waals surface area contributed by atoms with Crippen LogP contribution in [0.4, 0.5) is 0 Å². The average molecular weight is 292 g/mol. The van der Waals surface area contributed by atoms with Crippen LogP contribution in [0.1, 0.15) is 11.8 Å². The Morgan fingerprint density at radius 3 is 2.94 bits per heavy atom. The Bertz CT molecular complexity index is 357. The maximum atomic E-state index is 10.9. The third-order valence-electron chi connectivity index (χ3n) is 2.13. The number of carbonyl (C=O) groups is 1. The second-order valence-corrected chi connectivity index (χ2v) is 5.36. The zero-order chi connectivity index (χ0) is 13.2. The molecular formula is C12H18ClNO3S. The van der Waals surface area contributed by atoms with Crippen LogP contribution in [0.15, 0.2) is 12.1 Å². The highest BCUT2D eigenvalue weighted by Crippen LogP contribution is 2.21. The first kappa shape index (κ1) is 15.4. The molecule has 1 heterocycles. The molecule has 0 unspecified atom stereocenters. The summed E-state index contributed by atoms with van der Waals surface area (Å²) >= 11 is 7.43. The molecule has 0 aliphatic carbocycles. The van der Waals surface area contributed by atoms with Crippen LogP contribution in [-0.4, -0.2) is 38.9 Å². The van der Waals surface area contributed by atoms with E-state index in [1.165, 1.54) is 4.88 Å². The molecule has 0 spiro atoms. The van der Waals surface area contributed by atoms with Crippen molar-refractivity contribution < 1.29 is 14.3 Å². The maximum Gasteiger partial charge on any atom is 0.332 e. The highest BCUT2D eigenvalue weighted by molar-refractivity contribution is 7.16. The van der Waals surface area contributed by atoms with Gasteiger partial charge >= 0.3 is 5.97 Å². The minimum Gasteiger partial charge on any atom is -0.464 e. The van der Waals surface area contributed by atoms with Gasteiger partial charge in [0.1, 0.15) is 6.61 Å². The van der Waals surface area contributed by atoms with Crippen molar-refractivity contribution in [3.63, 3.8) is 0 Å². The Kier molecular flexibility index (Phi) is 8.00. The molecule has 18 heavy (non-hydrogen) atoms. The van der Waals surface area contributed by atoms with Crippen molar-refractivity contribution in [1.29, 1.82) is 0 Å². The lowest BCUT2D eigenvalue weighted by molar-refractivity contribution is -0.148. The topological polar surface area (TPSA) is 47.6 Å². The summed E-state index contributed by atoms with van der Waals surface area (Å²) in [5.41, 5.74) is 0. The van der Waals surface area contributed by atoms with Gasteiger partial charge in [0.15, 0.2) is 0 Å². The van der Waals surface area contributed by atoms with Crippen molar-refractivity contribution >= 4 is 28.9 Å². The molecule has 0 radical (unpaired) electrons. The van der Waals surface area contributed by atoms with Gasteiger partial charge in [0, 0.05) is 18.0 Å². The van der Waals surface area contributed by atoms with Crippen molar-refractivity contribution in [3.8, 4) is 0 Å². The molecule has 1 aromatic rings. The standard InChI is InChI=1S/C12H18ClNO3S/c1-2-17-12(15)9-16-8-7-14-6-5-10-3-4-11(13)18-10/h3-4,14H,2,5-9H2,1H3. The van der Waals surface area contributed by atoms with E-state index in [-0.39, 0.29) is 12.6 Å². The number of esters is 1. The Balaban J connectivity index is 1.91. The summed E-state index contributed by atoms with van der Waals surface area (Å²) in [7, 11) is 0. The minimum atomic E-state index is -0.314. The van der Waals surface area contributed by atoms with E-state index < -0.39 is 0 Å². The molecule has 6 heteroatoms. The summed E-state index contributed by atoms with van der Waals surface area (Å²) in [5.74, 6) is -0.314.